The van der Waals surface area contributed by atoms with E-state index in [2.05, 4.69) is 25.9 Å². The Morgan fingerprint density at radius 3 is 2.14 bits per heavy atom. The molecule has 7 heteroatoms. The molecule has 0 aliphatic heterocycles. The molecular weight excluding hydrogens is 386 g/mol. The SMILES string of the molecule is Cc1nn(C(=O)c2ccc(C(C)(C)C)cc2)c(C)c1Sc1ccc([N+](=O)[O-])cc1. The van der Waals surface area contributed by atoms with Gasteiger partial charge in [0.15, 0.2) is 0 Å². The average molecular weight is 410 g/mol. The molecule has 150 valence electrons. The third kappa shape index (κ3) is 4.40. The molecular formula is C22H23N3O3S. The zero-order valence-electron chi connectivity index (χ0n) is 17.1. The molecule has 0 radical (unpaired) electrons. The van der Waals surface area contributed by atoms with Crippen molar-refractivity contribution in [3.05, 3.63) is 81.2 Å². The first kappa shape index (κ1) is 20.8. The Bertz CT molecular complexity index is 1060. The van der Waals surface area contributed by atoms with E-state index in [1.165, 1.54) is 28.6 Å². The molecule has 0 aliphatic carbocycles. The van der Waals surface area contributed by atoms with Crippen molar-refractivity contribution in [3.8, 4) is 0 Å². The molecule has 1 aromatic heterocycles. The molecule has 0 bridgehead atoms. The molecule has 0 N–H and O–H groups in total. The maximum absolute atomic E-state index is 13.0. The predicted molar refractivity (Wildman–Crippen MR) is 114 cm³/mol. The Hall–Kier alpha value is -2.93. The number of carbonyl (C=O) groups excluding carboxylic acids is 1. The van der Waals surface area contributed by atoms with E-state index < -0.39 is 4.92 Å². The fourth-order valence-electron chi connectivity index (χ4n) is 2.96. The molecule has 1 heterocycles. The van der Waals surface area contributed by atoms with Crippen molar-refractivity contribution >= 4 is 23.4 Å². The molecule has 0 spiro atoms. The van der Waals surface area contributed by atoms with Crippen molar-refractivity contribution in [2.45, 2.75) is 49.8 Å². The van der Waals surface area contributed by atoms with Crippen LogP contribution in [0.15, 0.2) is 58.3 Å². The van der Waals surface area contributed by atoms with Crippen molar-refractivity contribution < 1.29 is 9.72 Å². The summed E-state index contributed by atoms with van der Waals surface area (Å²) in [7, 11) is 0. The number of carbonyl (C=O) groups is 1. The van der Waals surface area contributed by atoms with E-state index in [9.17, 15) is 14.9 Å². The van der Waals surface area contributed by atoms with Crippen LogP contribution in [-0.2, 0) is 5.41 Å². The number of aryl methyl sites for hydroxylation is 1. The van der Waals surface area contributed by atoms with Crippen LogP contribution in [0.3, 0.4) is 0 Å². The first-order valence-electron chi connectivity index (χ1n) is 9.21. The number of aromatic nitrogens is 2. The van der Waals surface area contributed by atoms with Gasteiger partial charge in [0.2, 0.25) is 0 Å². The minimum absolute atomic E-state index is 0.0222. The third-order valence-electron chi connectivity index (χ3n) is 4.68. The standard InChI is InChI=1S/C22H23N3O3S/c1-14-20(29-19-12-10-18(11-13-19)25(27)28)15(2)24(23-14)21(26)16-6-8-17(9-7-16)22(3,4)5/h6-13H,1-5H3. The summed E-state index contributed by atoms with van der Waals surface area (Å²) in [5.41, 5.74) is 3.30. The van der Waals surface area contributed by atoms with Gasteiger partial charge in [0, 0.05) is 22.6 Å². The zero-order valence-corrected chi connectivity index (χ0v) is 17.9. The van der Waals surface area contributed by atoms with Crippen LogP contribution in [-0.4, -0.2) is 20.6 Å². The van der Waals surface area contributed by atoms with Crippen LogP contribution in [0.5, 0.6) is 0 Å². The summed E-state index contributed by atoms with van der Waals surface area (Å²) in [6.07, 6.45) is 0. The lowest BCUT2D eigenvalue weighted by atomic mass is 9.87. The van der Waals surface area contributed by atoms with Gasteiger partial charge in [0.05, 0.1) is 21.2 Å². The van der Waals surface area contributed by atoms with Gasteiger partial charge in [-0.15, -0.1) is 0 Å². The Morgan fingerprint density at radius 2 is 1.62 bits per heavy atom. The quantitative estimate of drug-likeness (QED) is 0.417. The van der Waals surface area contributed by atoms with Crippen molar-refractivity contribution in [1.29, 1.82) is 0 Å². The highest BCUT2D eigenvalue weighted by Gasteiger charge is 2.20. The van der Waals surface area contributed by atoms with Crippen LogP contribution in [0.1, 0.15) is 48.1 Å². The summed E-state index contributed by atoms with van der Waals surface area (Å²) in [6.45, 7) is 10.1. The Balaban J connectivity index is 1.86. The second-order valence-corrected chi connectivity index (χ2v) is 8.98. The molecule has 0 unspecified atom stereocenters. The Kier molecular flexibility index (Phi) is 5.61. The number of hydrogen-bond acceptors (Lipinski definition) is 5. The van der Waals surface area contributed by atoms with Crippen LogP contribution < -0.4 is 0 Å². The highest BCUT2D eigenvalue weighted by atomic mass is 32.2. The minimum atomic E-state index is -0.424. The summed E-state index contributed by atoms with van der Waals surface area (Å²) in [6, 6.07) is 14.0. The van der Waals surface area contributed by atoms with E-state index in [1.807, 2.05) is 38.1 Å². The summed E-state index contributed by atoms with van der Waals surface area (Å²) >= 11 is 1.44. The third-order valence-corrected chi connectivity index (χ3v) is 5.99. The van der Waals surface area contributed by atoms with Gasteiger partial charge in [0.1, 0.15) is 0 Å². The Labute approximate surface area is 174 Å². The van der Waals surface area contributed by atoms with Gasteiger partial charge in [-0.3, -0.25) is 14.9 Å². The van der Waals surface area contributed by atoms with Crippen LogP contribution >= 0.6 is 11.8 Å². The van der Waals surface area contributed by atoms with E-state index in [0.717, 1.165) is 26.7 Å². The first-order valence-corrected chi connectivity index (χ1v) is 10.0. The molecule has 0 amide bonds. The normalized spacial score (nSPS) is 11.5. The van der Waals surface area contributed by atoms with E-state index >= 15 is 0 Å². The van der Waals surface area contributed by atoms with Gasteiger partial charge in [-0.05, 0) is 49.1 Å². The van der Waals surface area contributed by atoms with Gasteiger partial charge in [-0.25, -0.2) is 0 Å². The second-order valence-electron chi connectivity index (χ2n) is 7.90. The molecule has 6 nitrogen and oxygen atoms in total. The van der Waals surface area contributed by atoms with E-state index in [-0.39, 0.29) is 17.0 Å². The molecule has 0 atom stereocenters. The van der Waals surface area contributed by atoms with Gasteiger partial charge in [-0.1, -0.05) is 44.7 Å². The number of rotatable bonds is 4. The summed E-state index contributed by atoms with van der Waals surface area (Å²) < 4.78 is 1.43. The molecule has 2 aromatic carbocycles. The fraction of sp³-hybridized carbons (Fsp3) is 0.273. The largest absolute Gasteiger partial charge is 0.278 e. The second kappa shape index (κ2) is 7.83. The number of non-ortho nitro benzene ring substituents is 1. The van der Waals surface area contributed by atoms with Crippen LogP contribution in [0.2, 0.25) is 0 Å². The molecule has 0 fully saturated rings. The predicted octanol–water partition coefficient (Wildman–Crippen LogP) is 5.55. The minimum Gasteiger partial charge on any atom is -0.267 e. The van der Waals surface area contributed by atoms with Crippen LogP contribution in [0, 0.1) is 24.0 Å². The number of nitrogens with zero attached hydrogens (tertiary/aromatic N) is 3. The molecule has 0 saturated heterocycles. The highest BCUT2D eigenvalue weighted by molar-refractivity contribution is 7.99. The summed E-state index contributed by atoms with van der Waals surface area (Å²) in [4.78, 5) is 25.1. The lowest BCUT2D eigenvalue weighted by molar-refractivity contribution is -0.384. The smallest absolute Gasteiger partial charge is 0.267 e. The van der Waals surface area contributed by atoms with Crippen molar-refractivity contribution in [2.24, 2.45) is 0 Å². The molecule has 3 aromatic rings. The molecule has 3 rings (SSSR count). The van der Waals surface area contributed by atoms with Crippen molar-refractivity contribution in [3.63, 3.8) is 0 Å². The molecule has 0 saturated carbocycles. The van der Waals surface area contributed by atoms with Crippen molar-refractivity contribution in [2.75, 3.05) is 0 Å². The molecule has 0 aliphatic rings. The van der Waals surface area contributed by atoms with E-state index in [4.69, 9.17) is 0 Å². The Morgan fingerprint density at radius 1 is 1.03 bits per heavy atom. The number of hydrogen-bond donors (Lipinski definition) is 0. The van der Waals surface area contributed by atoms with Gasteiger partial charge >= 0.3 is 0 Å². The zero-order chi connectivity index (χ0) is 21.3. The summed E-state index contributed by atoms with van der Waals surface area (Å²) in [5.74, 6) is -0.179. The lowest BCUT2D eigenvalue weighted by Gasteiger charge is -2.19. The first-order chi connectivity index (χ1) is 13.6. The number of nitro groups is 1. The van der Waals surface area contributed by atoms with Gasteiger partial charge in [-0.2, -0.15) is 9.78 Å². The van der Waals surface area contributed by atoms with E-state index in [0.29, 0.717) is 5.56 Å². The van der Waals surface area contributed by atoms with Gasteiger partial charge < -0.3 is 0 Å². The average Bonchev–Trinajstić information content (AvgIpc) is 2.95. The topological polar surface area (TPSA) is 78.0 Å². The van der Waals surface area contributed by atoms with Gasteiger partial charge in [0.25, 0.3) is 11.6 Å². The maximum Gasteiger partial charge on any atom is 0.278 e. The summed E-state index contributed by atoms with van der Waals surface area (Å²) in [5, 5.41) is 15.3. The monoisotopic (exact) mass is 409 g/mol. The lowest BCUT2D eigenvalue weighted by Crippen LogP contribution is -2.16. The van der Waals surface area contributed by atoms with Crippen molar-refractivity contribution in [1.82, 2.24) is 9.78 Å². The number of nitro benzene ring substituents is 1. The van der Waals surface area contributed by atoms with Crippen LogP contribution in [0.4, 0.5) is 5.69 Å². The van der Waals surface area contributed by atoms with E-state index in [1.54, 1.807) is 12.1 Å². The van der Waals surface area contributed by atoms with Crippen LogP contribution in [0.25, 0.3) is 0 Å². The maximum atomic E-state index is 13.0. The molecule has 29 heavy (non-hydrogen) atoms. The highest BCUT2D eigenvalue weighted by Crippen LogP contribution is 2.34. The fourth-order valence-corrected chi connectivity index (χ4v) is 3.89. The number of benzene rings is 2.